The van der Waals surface area contributed by atoms with Gasteiger partial charge in [-0.3, -0.25) is 8.78 Å². The highest BCUT2D eigenvalue weighted by molar-refractivity contribution is 4.39. The molecular formula is C6H12F2. The Labute approximate surface area is 48.9 Å². The second-order valence-electron chi connectivity index (χ2n) is 1.79. The molecule has 0 N–H and O–H groups in total. The van der Waals surface area contributed by atoms with Crippen LogP contribution in [0.15, 0.2) is 0 Å². The van der Waals surface area contributed by atoms with Crippen LogP contribution in [0.4, 0.5) is 8.78 Å². The molecule has 0 radical (unpaired) electrons. The molecule has 0 nitrogen and oxygen atoms in total. The van der Waals surface area contributed by atoms with Crippen molar-refractivity contribution in [1.29, 1.82) is 0 Å². The minimum atomic E-state index is -0.258. The second-order valence-corrected chi connectivity index (χ2v) is 1.79. The fourth-order valence-corrected chi connectivity index (χ4v) is 0.543. The number of rotatable bonds is 5. The van der Waals surface area contributed by atoms with Crippen molar-refractivity contribution in [3.63, 3.8) is 0 Å². The van der Waals surface area contributed by atoms with Gasteiger partial charge in [-0.05, 0) is 12.8 Å². The zero-order valence-electron chi connectivity index (χ0n) is 5.00. The summed E-state index contributed by atoms with van der Waals surface area (Å²) in [6, 6.07) is 0. The summed E-state index contributed by atoms with van der Waals surface area (Å²) in [6.07, 6.45) is 2.86. The van der Waals surface area contributed by atoms with Crippen LogP contribution in [0.5, 0.6) is 0 Å². The third kappa shape index (κ3) is 5.86. The van der Waals surface area contributed by atoms with Crippen LogP contribution in [-0.4, -0.2) is 13.3 Å². The lowest BCUT2D eigenvalue weighted by molar-refractivity contribution is 0.424. The standard InChI is InChI=1S/C6H12F2/c7-5-3-1-2-4-6-8/h1-6H2. The molecule has 0 aromatic rings. The Balaban J connectivity index is 2.53. The monoisotopic (exact) mass is 122 g/mol. The average Bonchev–Trinajstić information content (AvgIpc) is 1.81. The third-order valence-electron chi connectivity index (χ3n) is 1.02. The van der Waals surface area contributed by atoms with Gasteiger partial charge in [0.1, 0.15) is 0 Å². The van der Waals surface area contributed by atoms with Crippen LogP contribution in [-0.2, 0) is 0 Å². The molecule has 0 atom stereocenters. The molecule has 0 rings (SSSR count). The molecule has 0 aromatic carbocycles. The lowest BCUT2D eigenvalue weighted by Crippen LogP contribution is -1.80. The summed E-state index contributed by atoms with van der Waals surface area (Å²) in [4.78, 5) is 0. The van der Waals surface area contributed by atoms with E-state index in [4.69, 9.17) is 0 Å². The SMILES string of the molecule is FCCCCCCF. The summed E-state index contributed by atoms with van der Waals surface area (Å²) < 4.78 is 22.7. The molecule has 0 saturated carbocycles. The predicted molar refractivity (Wildman–Crippen MR) is 30.4 cm³/mol. The summed E-state index contributed by atoms with van der Waals surface area (Å²) >= 11 is 0. The highest BCUT2D eigenvalue weighted by Crippen LogP contribution is 1.99. The van der Waals surface area contributed by atoms with Crippen LogP contribution >= 0.6 is 0 Å². The van der Waals surface area contributed by atoms with E-state index in [-0.39, 0.29) is 13.3 Å². The van der Waals surface area contributed by atoms with Crippen molar-refractivity contribution in [2.45, 2.75) is 25.7 Å². The smallest absolute Gasteiger partial charge is 0.0894 e. The van der Waals surface area contributed by atoms with Crippen LogP contribution < -0.4 is 0 Å². The van der Waals surface area contributed by atoms with Gasteiger partial charge in [0.05, 0.1) is 13.3 Å². The Morgan fingerprint density at radius 2 is 1.00 bits per heavy atom. The van der Waals surface area contributed by atoms with E-state index in [0.29, 0.717) is 12.8 Å². The van der Waals surface area contributed by atoms with Gasteiger partial charge < -0.3 is 0 Å². The highest BCUT2D eigenvalue weighted by atomic mass is 19.1. The molecule has 0 fully saturated rings. The van der Waals surface area contributed by atoms with Crippen molar-refractivity contribution in [2.75, 3.05) is 13.3 Å². The zero-order chi connectivity index (χ0) is 6.24. The van der Waals surface area contributed by atoms with Gasteiger partial charge in [0.25, 0.3) is 0 Å². The van der Waals surface area contributed by atoms with Crippen LogP contribution in [0.25, 0.3) is 0 Å². The van der Waals surface area contributed by atoms with Crippen molar-refractivity contribution < 1.29 is 8.78 Å². The molecule has 0 unspecified atom stereocenters. The quantitative estimate of drug-likeness (QED) is 0.491. The first-order valence-corrected chi connectivity index (χ1v) is 3.03. The molecule has 0 aliphatic heterocycles. The van der Waals surface area contributed by atoms with E-state index in [2.05, 4.69) is 0 Å². The summed E-state index contributed by atoms with van der Waals surface area (Å²) in [6.45, 7) is -0.515. The van der Waals surface area contributed by atoms with E-state index in [1.54, 1.807) is 0 Å². The van der Waals surface area contributed by atoms with Crippen LogP contribution in [0.3, 0.4) is 0 Å². The van der Waals surface area contributed by atoms with Crippen LogP contribution in [0.1, 0.15) is 25.7 Å². The van der Waals surface area contributed by atoms with Gasteiger partial charge in [0.2, 0.25) is 0 Å². The first-order chi connectivity index (χ1) is 3.91. The van der Waals surface area contributed by atoms with E-state index < -0.39 is 0 Å². The van der Waals surface area contributed by atoms with Crippen molar-refractivity contribution in [2.24, 2.45) is 0 Å². The van der Waals surface area contributed by atoms with Gasteiger partial charge >= 0.3 is 0 Å². The number of hydrogen-bond acceptors (Lipinski definition) is 0. The first kappa shape index (κ1) is 7.86. The number of unbranched alkanes of at least 4 members (excludes halogenated alkanes) is 3. The van der Waals surface area contributed by atoms with Gasteiger partial charge in [0, 0.05) is 0 Å². The first-order valence-electron chi connectivity index (χ1n) is 3.03. The zero-order valence-corrected chi connectivity index (χ0v) is 5.00. The van der Waals surface area contributed by atoms with E-state index in [0.717, 1.165) is 12.8 Å². The van der Waals surface area contributed by atoms with E-state index in [1.807, 2.05) is 0 Å². The molecular weight excluding hydrogens is 110 g/mol. The average molecular weight is 122 g/mol. The van der Waals surface area contributed by atoms with E-state index in [1.165, 1.54) is 0 Å². The summed E-state index contributed by atoms with van der Waals surface area (Å²) in [7, 11) is 0. The van der Waals surface area contributed by atoms with Crippen molar-refractivity contribution in [1.82, 2.24) is 0 Å². The summed E-state index contributed by atoms with van der Waals surface area (Å²) in [5.74, 6) is 0. The highest BCUT2D eigenvalue weighted by Gasteiger charge is 1.86. The molecule has 0 bridgehead atoms. The lowest BCUT2D eigenvalue weighted by atomic mass is 10.2. The fourth-order valence-electron chi connectivity index (χ4n) is 0.543. The molecule has 0 amide bonds. The largest absolute Gasteiger partial charge is 0.251 e. The van der Waals surface area contributed by atoms with E-state index in [9.17, 15) is 8.78 Å². The molecule has 0 saturated heterocycles. The Kier molecular flexibility index (Phi) is 6.74. The maximum absolute atomic E-state index is 11.3. The molecule has 0 aliphatic carbocycles. The fraction of sp³-hybridized carbons (Fsp3) is 1.00. The normalized spacial score (nSPS) is 9.75. The minimum absolute atomic E-state index is 0.258. The molecule has 0 aliphatic rings. The number of alkyl halides is 2. The van der Waals surface area contributed by atoms with Gasteiger partial charge in [-0.1, -0.05) is 12.8 Å². The predicted octanol–water partition coefficient (Wildman–Crippen LogP) is 2.49. The lowest BCUT2D eigenvalue weighted by Gasteiger charge is -1.91. The topological polar surface area (TPSA) is 0 Å². The number of hydrogen-bond donors (Lipinski definition) is 0. The van der Waals surface area contributed by atoms with Gasteiger partial charge in [-0.15, -0.1) is 0 Å². The third-order valence-corrected chi connectivity index (χ3v) is 1.02. The summed E-state index contributed by atoms with van der Waals surface area (Å²) in [5, 5.41) is 0. The Morgan fingerprint density at radius 3 is 1.25 bits per heavy atom. The molecule has 0 aromatic heterocycles. The summed E-state index contributed by atoms with van der Waals surface area (Å²) in [5.41, 5.74) is 0. The van der Waals surface area contributed by atoms with Crippen LogP contribution in [0, 0.1) is 0 Å². The molecule has 50 valence electrons. The Bertz CT molecular complexity index is 31.5. The molecule has 8 heavy (non-hydrogen) atoms. The Morgan fingerprint density at radius 1 is 0.625 bits per heavy atom. The molecule has 0 heterocycles. The maximum Gasteiger partial charge on any atom is 0.0894 e. The van der Waals surface area contributed by atoms with E-state index >= 15 is 0 Å². The van der Waals surface area contributed by atoms with Gasteiger partial charge in [-0.2, -0.15) is 0 Å². The second kappa shape index (κ2) is 6.86. The van der Waals surface area contributed by atoms with Gasteiger partial charge in [0.15, 0.2) is 0 Å². The van der Waals surface area contributed by atoms with Gasteiger partial charge in [-0.25, -0.2) is 0 Å². The molecule has 2 heteroatoms. The molecule has 0 spiro atoms. The van der Waals surface area contributed by atoms with Crippen LogP contribution in [0.2, 0.25) is 0 Å². The van der Waals surface area contributed by atoms with Crippen molar-refractivity contribution in [3.05, 3.63) is 0 Å². The van der Waals surface area contributed by atoms with Crippen molar-refractivity contribution >= 4 is 0 Å². The maximum atomic E-state index is 11.3. The number of halogens is 2. The minimum Gasteiger partial charge on any atom is -0.251 e. The van der Waals surface area contributed by atoms with Crippen molar-refractivity contribution in [3.8, 4) is 0 Å². The Hall–Kier alpha value is -0.140.